The zero-order valence-corrected chi connectivity index (χ0v) is 12.1. The Hall–Kier alpha value is -1.36. The van der Waals surface area contributed by atoms with Crippen LogP contribution in [0, 0.1) is 11.8 Å². The van der Waals surface area contributed by atoms with E-state index in [4.69, 9.17) is 5.11 Å². The van der Waals surface area contributed by atoms with Gasteiger partial charge in [0.05, 0.1) is 12.5 Å². The maximum atomic E-state index is 12.1. The Balaban J connectivity index is 2.53. The third kappa shape index (κ3) is 4.35. The fourth-order valence-electron chi connectivity index (χ4n) is 2.51. The van der Waals surface area contributed by atoms with Gasteiger partial charge in [-0.05, 0) is 19.8 Å². The summed E-state index contributed by atoms with van der Waals surface area (Å²) in [6.45, 7) is 12.2. The number of hydrogen-bond donors (Lipinski definition) is 1. The van der Waals surface area contributed by atoms with Gasteiger partial charge in [-0.2, -0.15) is 0 Å². The summed E-state index contributed by atoms with van der Waals surface area (Å²) in [5.74, 6) is -0.981. The van der Waals surface area contributed by atoms with E-state index in [0.29, 0.717) is 32.7 Å². The van der Waals surface area contributed by atoms with Crippen LogP contribution in [0.1, 0.15) is 20.8 Å². The van der Waals surface area contributed by atoms with E-state index in [1.54, 1.807) is 4.90 Å². The number of amides is 1. The number of rotatable bonds is 6. The molecule has 0 radical (unpaired) electrons. The quantitative estimate of drug-likeness (QED) is 0.732. The number of hydrogen-bond acceptors (Lipinski definition) is 3. The number of aliphatic carboxylic acids is 1. The molecule has 0 bridgehead atoms. The van der Waals surface area contributed by atoms with Crippen molar-refractivity contribution in [2.45, 2.75) is 20.8 Å². The average Bonchev–Trinajstić information content (AvgIpc) is 2.66. The molecule has 2 atom stereocenters. The minimum atomic E-state index is -0.767. The van der Waals surface area contributed by atoms with Crippen LogP contribution in [0.15, 0.2) is 12.2 Å². The molecule has 0 saturated carbocycles. The third-order valence-corrected chi connectivity index (χ3v) is 3.56. The number of carbonyl (C=O) groups excluding carboxylic acids is 1. The first-order valence-corrected chi connectivity index (χ1v) is 6.72. The summed E-state index contributed by atoms with van der Waals surface area (Å²) < 4.78 is 0. The molecule has 1 rings (SSSR count). The fraction of sp³-hybridized carbons (Fsp3) is 0.714. The fourth-order valence-corrected chi connectivity index (χ4v) is 2.51. The maximum absolute atomic E-state index is 12.1. The van der Waals surface area contributed by atoms with Crippen LogP contribution in [0.3, 0.4) is 0 Å². The van der Waals surface area contributed by atoms with Crippen molar-refractivity contribution in [2.24, 2.45) is 11.8 Å². The SMILES string of the molecule is C=C(C)CN(CC)C(=O)CN1C[C@@H](C)[C@H](C(=O)O)C1. The van der Waals surface area contributed by atoms with E-state index in [1.807, 2.05) is 25.7 Å². The Labute approximate surface area is 114 Å². The second kappa shape index (κ2) is 6.70. The van der Waals surface area contributed by atoms with Crippen LogP contribution in [0.2, 0.25) is 0 Å². The Morgan fingerprint density at radius 3 is 2.47 bits per heavy atom. The van der Waals surface area contributed by atoms with Gasteiger partial charge in [0.15, 0.2) is 0 Å². The van der Waals surface area contributed by atoms with E-state index in [9.17, 15) is 9.59 Å². The van der Waals surface area contributed by atoms with Gasteiger partial charge in [0.2, 0.25) is 5.91 Å². The molecule has 1 heterocycles. The van der Waals surface area contributed by atoms with Crippen LogP contribution >= 0.6 is 0 Å². The van der Waals surface area contributed by atoms with Gasteiger partial charge >= 0.3 is 5.97 Å². The molecular weight excluding hydrogens is 244 g/mol. The first kappa shape index (κ1) is 15.7. The summed E-state index contributed by atoms with van der Waals surface area (Å²) in [6.07, 6.45) is 0. The van der Waals surface area contributed by atoms with Gasteiger partial charge in [0.25, 0.3) is 0 Å². The van der Waals surface area contributed by atoms with Crippen molar-refractivity contribution in [2.75, 3.05) is 32.7 Å². The number of carbonyl (C=O) groups is 2. The van der Waals surface area contributed by atoms with Gasteiger partial charge in [-0.15, -0.1) is 0 Å². The average molecular weight is 268 g/mol. The number of carboxylic acid groups (broad SMARTS) is 1. The highest BCUT2D eigenvalue weighted by molar-refractivity contribution is 5.79. The predicted octanol–water partition coefficient (Wildman–Crippen LogP) is 1.06. The molecule has 5 heteroatoms. The number of nitrogens with zero attached hydrogens (tertiary/aromatic N) is 2. The molecule has 0 aromatic carbocycles. The van der Waals surface area contributed by atoms with Gasteiger partial charge in [0, 0.05) is 26.2 Å². The molecule has 5 nitrogen and oxygen atoms in total. The first-order valence-electron chi connectivity index (χ1n) is 6.72. The summed E-state index contributed by atoms with van der Waals surface area (Å²) in [5, 5.41) is 9.08. The molecule has 1 saturated heterocycles. The molecule has 108 valence electrons. The van der Waals surface area contributed by atoms with Crippen molar-refractivity contribution in [3.05, 3.63) is 12.2 Å². The van der Waals surface area contributed by atoms with Crippen LogP contribution in [-0.4, -0.2) is 59.5 Å². The first-order chi connectivity index (χ1) is 8.85. The zero-order chi connectivity index (χ0) is 14.6. The molecule has 0 aromatic rings. The highest BCUT2D eigenvalue weighted by atomic mass is 16.4. The lowest BCUT2D eigenvalue weighted by Gasteiger charge is -2.24. The van der Waals surface area contributed by atoms with Gasteiger partial charge in [-0.3, -0.25) is 14.5 Å². The maximum Gasteiger partial charge on any atom is 0.308 e. The number of carboxylic acids is 1. The Bertz CT molecular complexity index is 368. The lowest BCUT2D eigenvalue weighted by atomic mass is 9.99. The molecule has 19 heavy (non-hydrogen) atoms. The summed E-state index contributed by atoms with van der Waals surface area (Å²) in [6, 6.07) is 0. The highest BCUT2D eigenvalue weighted by Crippen LogP contribution is 2.22. The van der Waals surface area contributed by atoms with Crippen LogP contribution in [-0.2, 0) is 9.59 Å². The zero-order valence-electron chi connectivity index (χ0n) is 12.1. The van der Waals surface area contributed by atoms with Crippen molar-refractivity contribution in [3.63, 3.8) is 0 Å². The highest BCUT2D eigenvalue weighted by Gasteiger charge is 2.35. The molecule has 0 spiro atoms. The van der Waals surface area contributed by atoms with Crippen LogP contribution in [0.5, 0.6) is 0 Å². The summed E-state index contributed by atoms with van der Waals surface area (Å²) >= 11 is 0. The van der Waals surface area contributed by atoms with Crippen molar-refractivity contribution in [1.29, 1.82) is 0 Å². The van der Waals surface area contributed by atoms with Gasteiger partial charge < -0.3 is 10.0 Å². The molecule has 1 N–H and O–H groups in total. The van der Waals surface area contributed by atoms with Crippen LogP contribution < -0.4 is 0 Å². The lowest BCUT2D eigenvalue weighted by Crippen LogP contribution is -2.40. The lowest BCUT2D eigenvalue weighted by molar-refractivity contribution is -0.142. The standard InChI is InChI=1S/C14H24N2O3/c1-5-16(6-10(2)3)13(17)9-15-7-11(4)12(8-15)14(18)19/h11-12H,2,5-9H2,1,3-4H3,(H,18,19)/t11-,12-/m1/s1. The molecule has 1 aliphatic rings. The van der Waals surface area contributed by atoms with Crippen molar-refractivity contribution < 1.29 is 14.7 Å². The van der Waals surface area contributed by atoms with Gasteiger partial charge in [-0.1, -0.05) is 19.1 Å². The van der Waals surface area contributed by atoms with Crippen molar-refractivity contribution >= 4 is 11.9 Å². The van der Waals surface area contributed by atoms with Gasteiger partial charge in [-0.25, -0.2) is 0 Å². The minimum absolute atomic E-state index is 0.0451. The Morgan fingerprint density at radius 2 is 2.05 bits per heavy atom. The summed E-state index contributed by atoms with van der Waals surface area (Å²) in [5.41, 5.74) is 0.952. The summed E-state index contributed by atoms with van der Waals surface area (Å²) in [7, 11) is 0. The third-order valence-electron chi connectivity index (χ3n) is 3.56. The van der Waals surface area contributed by atoms with E-state index in [0.717, 1.165) is 5.57 Å². The van der Waals surface area contributed by atoms with Crippen LogP contribution in [0.25, 0.3) is 0 Å². The molecule has 1 aliphatic heterocycles. The molecule has 1 amide bonds. The van der Waals surface area contributed by atoms with Crippen molar-refractivity contribution in [1.82, 2.24) is 9.80 Å². The molecule has 0 unspecified atom stereocenters. The van der Waals surface area contributed by atoms with E-state index in [-0.39, 0.29) is 17.7 Å². The number of likely N-dealkylation sites (tertiary alicyclic amines) is 1. The van der Waals surface area contributed by atoms with E-state index in [2.05, 4.69) is 6.58 Å². The van der Waals surface area contributed by atoms with E-state index in [1.165, 1.54) is 0 Å². The van der Waals surface area contributed by atoms with Crippen LogP contribution in [0.4, 0.5) is 0 Å². The predicted molar refractivity (Wildman–Crippen MR) is 73.8 cm³/mol. The monoisotopic (exact) mass is 268 g/mol. The van der Waals surface area contributed by atoms with Gasteiger partial charge in [0.1, 0.15) is 0 Å². The van der Waals surface area contributed by atoms with Crippen molar-refractivity contribution in [3.8, 4) is 0 Å². The molecule has 0 aliphatic carbocycles. The Morgan fingerprint density at radius 1 is 1.42 bits per heavy atom. The molecule has 1 fully saturated rings. The van der Waals surface area contributed by atoms with E-state index < -0.39 is 5.97 Å². The number of likely N-dealkylation sites (N-methyl/N-ethyl adjacent to an activating group) is 1. The minimum Gasteiger partial charge on any atom is -0.481 e. The normalized spacial score (nSPS) is 23.3. The topological polar surface area (TPSA) is 60.9 Å². The smallest absolute Gasteiger partial charge is 0.308 e. The second-order valence-corrected chi connectivity index (χ2v) is 5.48. The molecular formula is C14H24N2O3. The molecule has 0 aromatic heterocycles. The largest absolute Gasteiger partial charge is 0.481 e. The second-order valence-electron chi connectivity index (χ2n) is 5.48. The Kier molecular flexibility index (Phi) is 5.54. The van der Waals surface area contributed by atoms with E-state index >= 15 is 0 Å². The summed E-state index contributed by atoms with van der Waals surface area (Å²) in [4.78, 5) is 26.9.